The SMILES string of the molecule is Cc1c(-c2c[nH]c3ccccc23)nc(CCN)n1C. The Morgan fingerprint density at radius 1 is 1.32 bits per heavy atom. The highest BCUT2D eigenvalue weighted by molar-refractivity contribution is 5.95. The minimum Gasteiger partial charge on any atom is -0.360 e. The van der Waals surface area contributed by atoms with Gasteiger partial charge in [0.05, 0.1) is 5.69 Å². The summed E-state index contributed by atoms with van der Waals surface area (Å²) in [5.41, 5.74) is 10.2. The predicted octanol–water partition coefficient (Wildman–Crippen LogP) is 2.38. The highest BCUT2D eigenvalue weighted by atomic mass is 15.1. The molecule has 0 aliphatic heterocycles. The van der Waals surface area contributed by atoms with Gasteiger partial charge in [-0.05, 0) is 19.5 Å². The van der Waals surface area contributed by atoms with Gasteiger partial charge in [0.2, 0.25) is 0 Å². The van der Waals surface area contributed by atoms with E-state index in [0.717, 1.165) is 29.0 Å². The van der Waals surface area contributed by atoms with E-state index in [1.165, 1.54) is 11.1 Å². The topological polar surface area (TPSA) is 59.6 Å². The van der Waals surface area contributed by atoms with E-state index in [4.69, 9.17) is 10.7 Å². The van der Waals surface area contributed by atoms with E-state index in [0.29, 0.717) is 6.54 Å². The molecule has 0 atom stereocenters. The number of rotatable bonds is 3. The predicted molar refractivity (Wildman–Crippen MR) is 78.0 cm³/mol. The first-order valence-electron chi connectivity index (χ1n) is 6.51. The molecule has 98 valence electrons. The van der Waals surface area contributed by atoms with E-state index in [2.05, 4.69) is 34.7 Å². The number of aromatic nitrogens is 3. The van der Waals surface area contributed by atoms with Crippen molar-refractivity contribution in [3.63, 3.8) is 0 Å². The first-order chi connectivity index (χ1) is 9.22. The van der Waals surface area contributed by atoms with Gasteiger partial charge < -0.3 is 15.3 Å². The summed E-state index contributed by atoms with van der Waals surface area (Å²) in [5.74, 6) is 1.04. The number of nitrogens with one attached hydrogen (secondary N) is 1. The maximum absolute atomic E-state index is 5.64. The highest BCUT2D eigenvalue weighted by Gasteiger charge is 2.15. The molecular formula is C15H18N4. The van der Waals surface area contributed by atoms with Crippen molar-refractivity contribution < 1.29 is 0 Å². The first-order valence-corrected chi connectivity index (χ1v) is 6.51. The van der Waals surface area contributed by atoms with Crippen LogP contribution in [0.1, 0.15) is 11.5 Å². The third-order valence-corrected chi connectivity index (χ3v) is 3.69. The third kappa shape index (κ3) is 1.85. The summed E-state index contributed by atoms with van der Waals surface area (Å²) in [6.45, 7) is 2.72. The van der Waals surface area contributed by atoms with E-state index in [-0.39, 0.29) is 0 Å². The lowest BCUT2D eigenvalue weighted by atomic mass is 10.1. The summed E-state index contributed by atoms with van der Waals surface area (Å²) >= 11 is 0. The molecule has 0 bridgehead atoms. The summed E-state index contributed by atoms with van der Waals surface area (Å²) in [6, 6.07) is 8.29. The second-order valence-electron chi connectivity index (χ2n) is 4.81. The van der Waals surface area contributed by atoms with Crippen molar-refractivity contribution in [2.45, 2.75) is 13.3 Å². The summed E-state index contributed by atoms with van der Waals surface area (Å²) in [5, 5.41) is 1.21. The van der Waals surface area contributed by atoms with E-state index in [1.54, 1.807) is 0 Å². The van der Waals surface area contributed by atoms with E-state index in [1.807, 2.05) is 19.3 Å². The monoisotopic (exact) mass is 254 g/mol. The molecule has 4 heteroatoms. The van der Waals surface area contributed by atoms with Crippen molar-refractivity contribution >= 4 is 10.9 Å². The molecule has 0 spiro atoms. The summed E-state index contributed by atoms with van der Waals surface area (Å²) in [6.07, 6.45) is 2.84. The van der Waals surface area contributed by atoms with Crippen LogP contribution in [0.5, 0.6) is 0 Å². The van der Waals surface area contributed by atoms with Crippen LogP contribution in [0.25, 0.3) is 22.2 Å². The molecule has 0 fully saturated rings. The largest absolute Gasteiger partial charge is 0.360 e. The molecule has 19 heavy (non-hydrogen) atoms. The first kappa shape index (κ1) is 12.0. The van der Waals surface area contributed by atoms with Crippen molar-refractivity contribution in [3.05, 3.63) is 42.0 Å². The van der Waals surface area contributed by atoms with Crippen LogP contribution in [-0.2, 0) is 13.5 Å². The number of para-hydroxylation sites is 1. The molecule has 4 nitrogen and oxygen atoms in total. The Labute approximate surface area is 112 Å². The molecule has 0 saturated carbocycles. The average molecular weight is 254 g/mol. The number of hydrogen-bond donors (Lipinski definition) is 2. The van der Waals surface area contributed by atoms with E-state index >= 15 is 0 Å². The minimum absolute atomic E-state index is 0.623. The Morgan fingerprint density at radius 3 is 2.89 bits per heavy atom. The number of benzene rings is 1. The Morgan fingerprint density at radius 2 is 2.11 bits per heavy atom. The molecule has 0 aliphatic carbocycles. The van der Waals surface area contributed by atoms with Crippen molar-refractivity contribution in [1.29, 1.82) is 0 Å². The van der Waals surface area contributed by atoms with Gasteiger partial charge in [0.15, 0.2) is 0 Å². The zero-order valence-corrected chi connectivity index (χ0v) is 11.3. The van der Waals surface area contributed by atoms with Crippen molar-refractivity contribution in [2.24, 2.45) is 12.8 Å². The van der Waals surface area contributed by atoms with Crippen LogP contribution in [0.3, 0.4) is 0 Å². The number of nitrogens with zero attached hydrogens (tertiary/aromatic N) is 2. The van der Waals surface area contributed by atoms with Crippen LogP contribution in [0.4, 0.5) is 0 Å². The zero-order chi connectivity index (χ0) is 13.4. The maximum Gasteiger partial charge on any atom is 0.110 e. The lowest BCUT2D eigenvalue weighted by Crippen LogP contribution is -2.08. The second kappa shape index (κ2) is 4.55. The Balaban J connectivity index is 2.19. The van der Waals surface area contributed by atoms with Gasteiger partial charge in [-0.3, -0.25) is 0 Å². The fourth-order valence-corrected chi connectivity index (χ4v) is 2.51. The molecule has 1 aromatic carbocycles. The Bertz CT molecular complexity index is 721. The molecule has 0 aliphatic rings. The molecule has 2 aromatic heterocycles. The fourth-order valence-electron chi connectivity index (χ4n) is 2.51. The lowest BCUT2D eigenvalue weighted by Gasteiger charge is -2.00. The zero-order valence-electron chi connectivity index (χ0n) is 11.3. The highest BCUT2D eigenvalue weighted by Crippen LogP contribution is 2.30. The van der Waals surface area contributed by atoms with Crippen molar-refractivity contribution in [3.8, 4) is 11.3 Å². The molecule has 0 amide bonds. The quantitative estimate of drug-likeness (QED) is 0.754. The van der Waals surface area contributed by atoms with Gasteiger partial charge in [0.1, 0.15) is 5.82 Å². The lowest BCUT2D eigenvalue weighted by molar-refractivity contribution is 0.761. The van der Waals surface area contributed by atoms with Crippen LogP contribution >= 0.6 is 0 Å². The van der Waals surface area contributed by atoms with Crippen molar-refractivity contribution in [1.82, 2.24) is 14.5 Å². The number of fused-ring (bicyclic) bond motifs is 1. The molecule has 3 aromatic rings. The number of hydrogen-bond acceptors (Lipinski definition) is 2. The second-order valence-corrected chi connectivity index (χ2v) is 4.81. The standard InChI is InChI=1S/C15H18N4/c1-10-15(18-14(7-8-16)19(10)2)12-9-17-13-6-4-3-5-11(12)13/h3-6,9,17H,7-8,16H2,1-2H3. The average Bonchev–Trinajstić information content (AvgIpc) is 2.96. The van der Waals surface area contributed by atoms with Gasteiger partial charge in [-0.15, -0.1) is 0 Å². The normalized spacial score (nSPS) is 11.3. The van der Waals surface area contributed by atoms with Gasteiger partial charge >= 0.3 is 0 Å². The van der Waals surface area contributed by atoms with E-state index < -0.39 is 0 Å². The van der Waals surface area contributed by atoms with Crippen molar-refractivity contribution in [2.75, 3.05) is 6.54 Å². The maximum atomic E-state index is 5.64. The van der Waals surface area contributed by atoms with Crippen LogP contribution in [0.15, 0.2) is 30.5 Å². The number of aromatic amines is 1. The Kier molecular flexibility index (Phi) is 2.87. The van der Waals surface area contributed by atoms with Gasteiger partial charge in [-0.25, -0.2) is 4.98 Å². The number of imidazole rings is 1. The summed E-state index contributed by atoms with van der Waals surface area (Å²) in [7, 11) is 2.05. The number of H-pyrrole nitrogens is 1. The van der Waals surface area contributed by atoms with Crippen LogP contribution in [0.2, 0.25) is 0 Å². The molecule has 3 N–H and O–H groups in total. The van der Waals surface area contributed by atoms with Gasteiger partial charge in [0, 0.05) is 41.8 Å². The number of nitrogens with two attached hydrogens (primary N) is 1. The van der Waals surface area contributed by atoms with Crippen LogP contribution < -0.4 is 5.73 Å². The fraction of sp³-hybridized carbons (Fsp3) is 0.267. The van der Waals surface area contributed by atoms with Crippen LogP contribution in [0, 0.1) is 6.92 Å². The van der Waals surface area contributed by atoms with Gasteiger partial charge in [0.25, 0.3) is 0 Å². The van der Waals surface area contributed by atoms with Gasteiger partial charge in [-0.2, -0.15) is 0 Å². The smallest absolute Gasteiger partial charge is 0.110 e. The molecule has 3 rings (SSSR count). The third-order valence-electron chi connectivity index (χ3n) is 3.69. The summed E-state index contributed by atoms with van der Waals surface area (Å²) < 4.78 is 2.13. The molecule has 0 unspecified atom stereocenters. The molecule has 2 heterocycles. The minimum atomic E-state index is 0.623. The Hall–Kier alpha value is -2.07. The molecule has 0 saturated heterocycles. The van der Waals surface area contributed by atoms with Gasteiger partial charge in [-0.1, -0.05) is 18.2 Å². The summed E-state index contributed by atoms with van der Waals surface area (Å²) in [4.78, 5) is 8.06. The van der Waals surface area contributed by atoms with Crippen LogP contribution in [-0.4, -0.2) is 21.1 Å². The van der Waals surface area contributed by atoms with E-state index in [9.17, 15) is 0 Å². The molecule has 0 radical (unpaired) electrons. The molecular weight excluding hydrogens is 236 g/mol.